The smallest absolute Gasteiger partial charge is 0.255 e. The van der Waals surface area contributed by atoms with Crippen LogP contribution in [0.25, 0.3) is 0 Å². The second kappa shape index (κ2) is 4.72. The molecule has 0 spiro atoms. The van der Waals surface area contributed by atoms with Gasteiger partial charge in [0.15, 0.2) is 0 Å². The van der Waals surface area contributed by atoms with Gasteiger partial charge in [-0.05, 0) is 32.9 Å². The van der Waals surface area contributed by atoms with Crippen LogP contribution < -0.4 is 11.1 Å². The van der Waals surface area contributed by atoms with E-state index in [1.807, 2.05) is 0 Å². The Morgan fingerprint density at radius 1 is 1.37 bits per heavy atom. The third-order valence-corrected chi connectivity index (χ3v) is 3.01. The van der Waals surface area contributed by atoms with E-state index in [0.717, 1.165) is 5.69 Å². The van der Waals surface area contributed by atoms with Gasteiger partial charge >= 0.3 is 0 Å². The molecule has 5 nitrogen and oxygen atoms in total. The lowest BCUT2D eigenvalue weighted by molar-refractivity contribution is 0.102. The molecule has 0 radical (unpaired) electrons. The van der Waals surface area contributed by atoms with Gasteiger partial charge in [0.05, 0.1) is 17.1 Å². The van der Waals surface area contributed by atoms with Gasteiger partial charge in [0, 0.05) is 16.8 Å². The second-order valence-electron chi connectivity index (χ2n) is 4.44. The number of amides is 1. The van der Waals surface area contributed by atoms with Crippen molar-refractivity contribution < 1.29 is 9.18 Å². The highest BCUT2D eigenvalue weighted by Crippen LogP contribution is 2.20. The minimum absolute atomic E-state index is 0.181. The molecule has 0 aliphatic carbocycles. The number of H-pyrrole nitrogens is 1. The van der Waals surface area contributed by atoms with Crippen molar-refractivity contribution in [2.45, 2.75) is 20.8 Å². The number of aryl methyl sites for hydroxylation is 2. The van der Waals surface area contributed by atoms with Crippen LogP contribution in [0.5, 0.6) is 0 Å². The number of carbonyl (C=O) groups is 1. The van der Waals surface area contributed by atoms with Crippen LogP contribution in [-0.2, 0) is 0 Å². The number of nitrogens with one attached hydrogen (secondary N) is 2. The first-order valence-electron chi connectivity index (χ1n) is 5.78. The zero-order chi connectivity index (χ0) is 14.2. The Bertz CT molecular complexity index is 606. The summed E-state index contributed by atoms with van der Waals surface area (Å²) in [5.41, 5.74) is 8.45. The molecule has 4 N–H and O–H groups in total. The van der Waals surface area contributed by atoms with Gasteiger partial charge in [0.2, 0.25) is 0 Å². The highest BCUT2D eigenvalue weighted by molar-refractivity contribution is 6.05. The average molecular weight is 262 g/mol. The summed E-state index contributed by atoms with van der Waals surface area (Å²) in [5, 5.41) is 9.43. The van der Waals surface area contributed by atoms with Gasteiger partial charge in [-0.15, -0.1) is 0 Å². The van der Waals surface area contributed by atoms with E-state index in [9.17, 15) is 9.18 Å². The van der Waals surface area contributed by atoms with Gasteiger partial charge < -0.3 is 11.1 Å². The molecule has 0 aliphatic heterocycles. The highest BCUT2D eigenvalue weighted by Gasteiger charge is 2.14. The van der Waals surface area contributed by atoms with E-state index in [1.165, 1.54) is 12.1 Å². The summed E-state index contributed by atoms with van der Waals surface area (Å²) in [6, 6.07) is 2.63. The molecular formula is C13H15FN4O. The Morgan fingerprint density at radius 3 is 2.58 bits per heavy atom. The molecule has 2 aromatic rings. The molecule has 1 amide bonds. The molecule has 2 rings (SSSR count). The largest absolute Gasteiger partial charge is 0.398 e. The first-order chi connectivity index (χ1) is 8.90. The van der Waals surface area contributed by atoms with E-state index < -0.39 is 11.7 Å². The van der Waals surface area contributed by atoms with Crippen LogP contribution in [0.2, 0.25) is 0 Å². The maximum atomic E-state index is 13.6. The maximum absolute atomic E-state index is 13.6. The Labute approximate surface area is 110 Å². The van der Waals surface area contributed by atoms with Gasteiger partial charge in [-0.2, -0.15) is 5.10 Å². The van der Waals surface area contributed by atoms with E-state index in [0.29, 0.717) is 16.9 Å². The fraction of sp³-hybridized carbons (Fsp3) is 0.231. The third-order valence-electron chi connectivity index (χ3n) is 3.01. The van der Waals surface area contributed by atoms with Crippen molar-refractivity contribution >= 4 is 17.3 Å². The summed E-state index contributed by atoms with van der Waals surface area (Å²) >= 11 is 0. The molecule has 0 aliphatic rings. The van der Waals surface area contributed by atoms with Crippen LogP contribution in [0.3, 0.4) is 0 Å². The average Bonchev–Trinajstić information content (AvgIpc) is 2.67. The predicted octanol–water partition coefficient (Wildman–Crippen LogP) is 2.31. The molecule has 1 aromatic heterocycles. The fourth-order valence-corrected chi connectivity index (χ4v) is 1.75. The number of halogens is 1. The van der Waals surface area contributed by atoms with Crippen molar-refractivity contribution in [2.75, 3.05) is 11.1 Å². The van der Waals surface area contributed by atoms with Gasteiger partial charge in [-0.25, -0.2) is 4.39 Å². The van der Waals surface area contributed by atoms with Crippen LogP contribution in [0.15, 0.2) is 12.1 Å². The highest BCUT2D eigenvalue weighted by atomic mass is 19.1. The molecule has 0 bridgehead atoms. The van der Waals surface area contributed by atoms with Crippen LogP contribution in [0.1, 0.15) is 27.3 Å². The van der Waals surface area contributed by atoms with Gasteiger partial charge in [0.1, 0.15) is 5.82 Å². The van der Waals surface area contributed by atoms with Gasteiger partial charge in [-0.1, -0.05) is 0 Å². The molecule has 0 saturated carbocycles. The van der Waals surface area contributed by atoms with E-state index in [-0.39, 0.29) is 11.3 Å². The number of rotatable bonds is 2. The van der Waals surface area contributed by atoms with Crippen molar-refractivity contribution in [3.05, 3.63) is 40.5 Å². The van der Waals surface area contributed by atoms with Gasteiger partial charge in [-0.3, -0.25) is 9.89 Å². The number of nitrogens with two attached hydrogens (primary N) is 1. The maximum Gasteiger partial charge on any atom is 0.255 e. The minimum atomic E-state index is -0.495. The van der Waals surface area contributed by atoms with Crippen LogP contribution in [0, 0.1) is 26.6 Å². The summed E-state index contributed by atoms with van der Waals surface area (Å²) in [4.78, 5) is 12.1. The molecule has 100 valence electrons. The number of nitrogens with zero attached hydrogens (tertiary/aromatic N) is 1. The van der Waals surface area contributed by atoms with Crippen molar-refractivity contribution in [1.82, 2.24) is 10.2 Å². The number of aromatic nitrogens is 2. The number of hydrogen-bond acceptors (Lipinski definition) is 3. The zero-order valence-corrected chi connectivity index (χ0v) is 11.0. The monoisotopic (exact) mass is 262 g/mol. The second-order valence-corrected chi connectivity index (χ2v) is 4.44. The molecule has 1 heterocycles. The number of nitrogen functional groups attached to an aromatic ring is 1. The van der Waals surface area contributed by atoms with Crippen LogP contribution in [-0.4, -0.2) is 16.1 Å². The zero-order valence-electron chi connectivity index (χ0n) is 11.0. The van der Waals surface area contributed by atoms with Crippen molar-refractivity contribution in [3.8, 4) is 0 Å². The summed E-state index contributed by atoms with van der Waals surface area (Å²) in [6.07, 6.45) is 0. The quantitative estimate of drug-likeness (QED) is 0.726. The number of anilines is 2. The predicted molar refractivity (Wildman–Crippen MR) is 71.6 cm³/mol. The number of aromatic amines is 1. The molecule has 0 fully saturated rings. The van der Waals surface area contributed by atoms with E-state index in [2.05, 4.69) is 15.5 Å². The Hall–Kier alpha value is -2.37. The van der Waals surface area contributed by atoms with Crippen molar-refractivity contribution in [2.24, 2.45) is 0 Å². The molecule has 0 saturated heterocycles. The molecule has 0 atom stereocenters. The summed E-state index contributed by atoms with van der Waals surface area (Å²) in [6.45, 7) is 5.12. The first-order valence-corrected chi connectivity index (χ1v) is 5.78. The Balaban J connectivity index is 2.31. The molecular weight excluding hydrogens is 247 g/mol. The van der Waals surface area contributed by atoms with Crippen molar-refractivity contribution in [1.29, 1.82) is 0 Å². The van der Waals surface area contributed by atoms with E-state index in [1.54, 1.807) is 20.8 Å². The first kappa shape index (κ1) is 13.1. The molecule has 0 unspecified atom stereocenters. The number of hydrogen-bond donors (Lipinski definition) is 3. The topological polar surface area (TPSA) is 83.8 Å². The fourth-order valence-electron chi connectivity index (χ4n) is 1.75. The van der Waals surface area contributed by atoms with E-state index in [4.69, 9.17) is 5.73 Å². The molecule has 19 heavy (non-hydrogen) atoms. The Morgan fingerprint density at radius 2 is 2.05 bits per heavy atom. The summed E-state index contributed by atoms with van der Waals surface area (Å²) < 4.78 is 13.6. The normalized spacial score (nSPS) is 10.5. The summed E-state index contributed by atoms with van der Waals surface area (Å²) in [5.74, 6) is -0.913. The third kappa shape index (κ3) is 2.42. The number of benzene rings is 1. The Kier molecular flexibility index (Phi) is 3.25. The number of carbonyl (C=O) groups excluding carboxylic acids is 1. The standard InChI is InChI=1S/C13H15FN4O/c1-6-10(14)4-9(5-11(6)15)13(19)16-12-7(2)17-18-8(12)3/h4-5H,15H2,1-3H3,(H,16,19)(H,17,18). The molecule has 6 heteroatoms. The molecule has 1 aromatic carbocycles. The minimum Gasteiger partial charge on any atom is -0.398 e. The lowest BCUT2D eigenvalue weighted by atomic mass is 10.1. The van der Waals surface area contributed by atoms with E-state index >= 15 is 0 Å². The van der Waals surface area contributed by atoms with Crippen molar-refractivity contribution in [3.63, 3.8) is 0 Å². The van der Waals surface area contributed by atoms with Crippen LogP contribution >= 0.6 is 0 Å². The SMILES string of the molecule is Cc1n[nH]c(C)c1NC(=O)c1cc(N)c(C)c(F)c1. The lowest BCUT2D eigenvalue weighted by Crippen LogP contribution is -2.14. The van der Waals surface area contributed by atoms with Gasteiger partial charge in [0.25, 0.3) is 5.91 Å². The summed E-state index contributed by atoms with van der Waals surface area (Å²) in [7, 11) is 0. The van der Waals surface area contributed by atoms with Crippen LogP contribution in [0.4, 0.5) is 15.8 Å². The lowest BCUT2D eigenvalue weighted by Gasteiger charge is -2.08.